The molecule has 0 atom stereocenters. The Morgan fingerprint density at radius 1 is 1.04 bits per heavy atom. The Morgan fingerprint density at radius 2 is 1.68 bits per heavy atom. The van der Waals surface area contributed by atoms with Gasteiger partial charge in [0.05, 0.1) is 4.92 Å². The molecule has 0 aliphatic carbocycles. The van der Waals surface area contributed by atoms with E-state index in [-0.39, 0.29) is 16.9 Å². The number of nitro groups is 1. The lowest BCUT2D eigenvalue weighted by atomic mass is 10.2. The van der Waals surface area contributed by atoms with Gasteiger partial charge in [-0.05, 0) is 12.1 Å². The van der Waals surface area contributed by atoms with Gasteiger partial charge in [-0.1, -0.05) is 0 Å². The molecular weight excluding hydrogens is 364 g/mol. The number of nitrogens with zero attached hydrogens (tertiary/aromatic N) is 5. The number of hydrogen-bond donors (Lipinski definition) is 1. The van der Waals surface area contributed by atoms with Crippen LogP contribution in [0, 0.1) is 10.1 Å². The first-order valence-corrected chi connectivity index (χ1v) is 9.09. The first-order chi connectivity index (χ1) is 13.4. The van der Waals surface area contributed by atoms with Gasteiger partial charge in [0.1, 0.15) is 5.82 Å². The van der Waals surface area contributed by atoms with Crippen molar-refractivity contribution in [1.82, 2.24) is 14.0 Å². The van der Waals surface area contributed by atoms with Crippen molar-refractivity contribution in [3.8, 4) is 0 Å². The van der Waals surface area contributed by atoms with Crippen LogP contribution in [0.3, 0.4) is 0 Å². The molecule has 10 nitrogen and oxygen atoms in total. The maximum Gasteiger partial charge on any atom is 0.332 e. The Bertz CT molecular complexity index is 958. The third-order valence-electron chi connectivity index (χ3n) is 5.06. The monoisotopic (exact) mass is 388 g/mol. The highest BCUT2D eigenvalue weighted by Gasteiger charge is 2.17. The average molecular weight is 388 g/mol. The van der Waals surface area contributed by atoms with Crippen molar-refractivity contribution >= 4 is 17.2 Å². The highest BCUT2D eigenvalue weighted by molar-refractivity contribution is 5.51. The van der Waals surface area contributed by atoms with Crippen molar-refractivity contribution in [3.05, 3.63) is 61.3 Å². The molecule has 0 unspecified atom stereocenters. The summed E-state index contributed by atoms with van der Waals surface area (Å²) in [4.78, 5) is 38.6. The van der Waals surface area contributed by atoms with E-state index in [0.717, 1.165) is 43.0 Å². The Balaban J connectivity index is 1.49. The van der Waals surface area contributed by atoms with Crippen molar-refractivity contribution in [2.24, 2.45) is 14.1 Å². The molecule has 28 heavy (non-hydrogen) atoms. The number of piperazine rings is 1. The average Bonchev–Trinajstić information content (AvgIpc) is 2.71. The first-order valence-electron chi connectivity index (χ1n) is 9.09. The molecular formula is C18H24N6O4. The fourth-order valence-electron chi connectivity index (χ4n) is 3.26. The van der Waals surface area contributed by atoms with E-state index in [2.05, 4.69) is 15.1 Å². The summed E-state index contributed by atoms with van der Waals surface area (Å²) in [6.45, 7) is 4.82. The molecule has 0 saturated carbocycles. The molecule has 150 valence electrons. The normalized spacial score (nSPS) is 14.9. The zero-order valence-electron chi connectivity index (χ0n) is 16.0. The maximum atomic E-state index is 11.9. The van der Waals surface area contributed by atoms with Crippen molar-refractivity contribution in [2.45, 2.75) is 0 Å². The van der Waals surface area contributed by atoms with Crippen LogP contribution in [0.5, 0.6) is 0 Å². The quantitative estimate of drug-likeness (QED) is 0.558. The third-order valence-corrected chi connectivity index (χ3v) is 5.06. The summed E-state index contributed by atoms with van der Waals surface area (Å²) in [5.74, 6) is 0.512. The van der Waals surface area contributed by atoms with Crippen molar-refractivity contribution in [3.63, 3.8) is 0 Å². The van der Waals surface area contributed by atoms with E-state index in [1.807, 2.05) is 0 Å². The summed E-state index contributed by atoms with van der Waals surface area (Å²) in [6.07, 6.45) is 0. The number of rotatable bonds is 6. The van der Waals surface area contributed by atoms with Crippen LogP contribution < -0.4 is 21.5 Å². The van der Waals surface area contributed by atoms with E-state index < -0.39 is 4.92 Å². The van der Waals surface area contributed by atoms with Crippen LogP contribution in [-0.2, 0) is 14.1 Å². The Labute approximate surface area is 161 Å². The molecule has 3 rings (SSSR count). The second-order valence-electron chi connectivity index (χ2n) is 6.80. The molecule has 1 aromatic carbocycles. The standard InChI is InChI=1S/C18H24N6O4/c1-20-16(13-17(25)21(2)18(20)26)19-7-8-22-9-11-23(12-10-22)14-3-5-15(6-4-14)24(27)28/h3-6,13,19H,7-12H2,1-2H3. The van der Waals surface area contributed by atoms with Gasteiger partial charge in [-0.15, -0.1) is 0 Å². The van der Waals surface area contributed by atoms with Crippen LogP contribution >= 0.6 is 0 Å². The van der Waals surface area contributed by atoms with Crippen LogP contribution in [0.25, 0.3) is 0 Å². The lowest BCUT2D eigenvalue weighted by molar-refractivity contribution is -0.384. The maximum absolute atomic E-state index is 11.9. The fourth-order valence-corrected chi connectivity index (χ4v) is 3.26. The van der Waals surface area contributed by atoms with Gasteiger partial charge in [-0.3, -0.25) is 28.9 Å². The summed E-state index contributed by atoms with van der Waals surface area (Å²) >= 11 is 0. The molecule has 1 N–H and O–H groups in total. The van der Waals surface area contributed by atoms with Crippen molar-refractivity contribution in [2.75, 3.05) is 49.5 Å². The number of anilines is 2. The predicted octanol–water partition coefficient (Wildman–Crippen LogP) is 0.226. The molecule has 0 spiro atoms. The van der Waals surface area contributed by atoms with E-state index in [9.17, 15) is 19.7 Å². The third kappa shape index (κ3) is 4.22. The van der Waals surface area contributed by atoms with Crippen molar-refractivity contribution < 1.29 is 4.92 Å². The molecule has 2 heterocycles. The summed E-state index contributed by atoms with van der Waals surface area (Å²) in [6, 6.07) is 8.05. The second-order valence-corrected chi connectivity index (χ2v) is 6.80. The largest absolute Gasteiger partial charge is 0.370 e. The van der Waals surface area contributed by atoms with Gasteiger partial charge in [0.2, 0.25) is 0 Å². The molecule has 0 radical (unpaired) electrons. The molecule has 1 saturated heterocycles. The van der Waals surface area contributed by atoms with Crippen molar-refractivity contribution in [1.29, 1.82) is 0 Å². The Morgan fingerprint density at radius 3 is 2.29 bits per heavy atom. The van der Waals surface area contributed by atoms with Gasteiger partial charge in [-0.25, -0.2) is 4.79 Å². The van der Waals surface area contributed by atoms with Crippen LogP contribution in [0.1, 0.15) is 0 Å². The summed E-state index contributed by atoms with van der Waals surface area (Å²) in [7, 11) is 3.09. The van der Waals surface area contributed by atoms with Crippen LogP contribution in [0.4, 0.5) is 17.2 Å². The zero-order chi connectivity index (χ0) is 20.3. The van der Waals surface area contributed by atoms with Gasteiger partial charge < -0.3 is 10.2 Å². The van der Waals surface area contributed by atoms with Crippen LogP contribution in [-0.4, -0.2) is 58.2 Å². The number of aromatic nitrogens is 2. The zero-order valence-corrected chi connectivity index (χ0v) is 16.0. The predicted molar refractivity (Wildman–Crippen MR) is 107 cm³/mol. The van der Waals surface area contributed by atoms with Crippen LogP contribution in [0.2, 0.25) is 0 Å². The molecule has 1 fully saturated rings. The minimum absolute atomic E-state index is 0.0959. The number of nitro benzene ring substituents is 1. The van der Waals surface area contributed by atoms with Gasteiger partial charge in [0.15, 0.2) is 0 Å². The van der Waals surface area contributed by atoms with Gasteiger partial charge in [0.25, 0.3) is 11.2 Å². The first kappa shape index (κ1) is 19.6. The highest BCUT2D eigenvalue weighted by atomic mass is 16.6. The minimum atomic E-state index is -0.396. The summed E-state index contributed by atoms with van der Waals surface area (Å²) in [5, 5.41) is 13.9. The lowest BCUT2D eigenvalue weighted by Crippen LogP contribution is -2.47. The van der Waals surface area contributed by atoms with E-state index in [1.165, 1.54) is 29.8 Å². The lowest BCUT2D eigenvalue weighted by Gasteiger charge is -2.36. The Kier molecular flexibility index (Phi) is 5.78. The molecule has 1 aromatic heterocycles. The van der Waals surface area contributed by atoms with E-state index in [1.54, 1.807) is 19.2 Å². The second kappa shape index (κ2) is 8.26. The van der Waals surface area contributed by atoms with E-state index in [4.69, 9.17) is 0 Å². The molecule has 2 aromatic rings. The molecule has 1 aliphatic rings. The van der Waals surface area contributed by atoms with Gasteiger partial charge in [-0.2, -0.15) is 0 Å². The van der Waals surface area contributed by atoms with Crippen LogP contribution in [0.15, 0.2) is 39.9 Å². The fraction of sp³-hybridized carbons (Fsp3) is 0.444. The van der Waals surface area contributed by atoms with E-state index >= 15 is 0 Å². The minimum Gasteiger partial charge on any atom is -0.370 e. The summed E-state index contributed by atoms with van der Waals surface area (Å²) < 4.78 is 2.50. The smallest absolute Gasteiger partial charge is 0.332 e. The SMILES string of the molecule is Cn1c(NCCN2CCN(c3ccc([N+](=O)[O-])cc3)CC2)cc(=O)n(C)c1=O. The molecule has 1 aliphatic heterocycles. The Hall–Kier alpha value is -3.14. The highest BCUT2D eigenvalue weighted by Crippen LogP contribution is 2.20. The number of nitrogens with one attached hydrogen (secondary N) is 1. The molecule has 10 heteroatoms. The topological polar surface area (TPSA) is 106 Å². The van der Waals surface area contributed by atoms with Gasteiger partial charge in [0, 0.05) is 77.3 Å². The summed E-state index contributed by atoms with van der Waals surface area (Å²) in [5.41, 5.74) is 0.395. The number of benzene rings is 1. The molecule has 0 bridgehead atoms. The number of non-ortho nitro benzene ring substituents is 1. The van der Waals surface area contributed by atoms with Gasteiger partial charge >= 0.3 is 5.69 Å². The molecule has 0 amide bonds. The number of hydrogen-bond acceptors (Lipinski definition) is 7. The van der Waals surface area contributed by atoms with E-state index in [0.29, 0.717) is 12.4 Å².